The first-order valence-electron chi connectivity index (χ1n) is 6.83. The molecule has 2 N–H and O–H groups in total. The Labute approximate surface area is 136 Å². The molecule has 6 heteroatoms. The van der Waals surface area contributed by atoms with E-state index in [4.69, 9.17) is 11.6 Å². The SMILES string of the molecule is Cn1c(=O)c(/C(=N/O)c2ccc(Cl)cc2)c(O)c2ccccc21. The smallest absolute Gasteiger partial charge is 0.264 e. The molecule has 0 saturated heterocycles. The van der Waals surface area contributed by atoms with Gasteiger partial charge in [0.25, 0.3) is 5.56 Å². The van der Waals surface area contributed by atoms with Crippen LogP contribution in [0.15, 0.2) is 58.5 Å². The highest BCUT2D eigenvalue weighted by Gasteiger charge is 2.21. The summed E-state index contributed by atoms with van der Waals surface area (Å²) in [5.41, 5.74) is 0.539. The monoisotopic (exact) mass is 328 g/mol. The van der Waals surface area contributed by atoms with Gasteiger partial charge in [-0.15, -0.1) is 0 Å². The van der Waals surface area contributed by atoms with E-state index < -0.39 is 5.56 Å². The first-order chi connectivity index (χ1) is 11.0. The van der Waals surface area contributed by atoms with Gasteiger partial charge in [0.2, 0.25) is 0 Å². The van der Waals surface area contributed by atoms with E-state index in [-0.39, 0.29) is 17.0 Å². The highest BCUT2D eigenvalue weighted by atomic mass is 35.5. The number of rotatable bonds is 2. The predicted molar refractivity (Wildman–Crippen MR) is 89.7 cm³/mol. The van der Waals surface area contributed by atoms with Crippen molar-refractivity contribution in [3.8, 4) is 5.75 Å². The van der Waals surface area contributed by atoms with E-state index in [0.29, 0.717) is 21.5 Å². The quantitative estimate of drug-likeness (QED) is 0.431. The number of aryl methyl sites for hydroxylation is 1. The summed E-state index contributed by atoms with van der Waals surface area (Å²) < 4.78 is 1.41. The normalized spacial score (nSPS) is 11.8. The third-order valence-corrected chi connectivity index (χ3v) is 3.98. The molecular weight excluding hydrogens is 316 g/mol. The van der Waals surface area contributed by atoms with Crippen LogP contribution in [-0.4, -0.2) is 20.6 Å². The van der Waals surface area contributed by atoms with Crippen molar-refractivity contribution in [2.45, 2.75) is 0 Å². The Morgan fingerprint density at radius 3 is 2.43 bits per heavy atom. The first kappa shape index (κ1) is 15.1. The average Bonchev–Trinajstić information content (AvgIpc) is 2.58. The molecule has 0 atom stereocenters. The van der Waals surface area contributed by atoms with Crippen molar-refractivity contribution >= 4 is 28.2 Å². The van der Waals surface area contributed by atoms with Gasteiger partial charge in [-0.05, 0) is 24.3 Å². The largest absolute Gasteiger partial charge is 0.506 e. The molecule has 116 valence electrons. The van der Waals surface area contributed by atoms with Gasteiger partial charge >= 0.3 is 0 Å². The van der Waals surface area contributed by atoms with Crippen molar-refractivity contribution in [2.24, 2.45) is 12.2 Å². The lowest BCUT2D eigenvalue weighted by Crippen LogP contribution is -2.25. The van der Waals surface area contributed by atoms with Crippen LogP contribution in [-0.2, 0) is 7.05 Å². The Bertz CT molecular complexity index is 976. The topological polar surface area (TPSA) is 74.8 Å². The number of hydrogen-bond donors (Lipinski definition) is 2. The Morgan fingerprint density at radius 2 is 1.78 bits per heavy atom. The highest BCUT2D eigenvalue weighted by molar-refractivity contribution is 6.30. The molecule has 0 radical (unpaired) electrons. The van der Waals surface area contributed by atoms with Gasteiger partial charge in [0, 0.05) is 23.0 Å². The van der Waals surface area contributed by atoms with Gasteiger partial charge in [-0.1, -0.05) is 41.0 Å². The molecule has 23 heavy (non-hydrogen) atoms. The minimum atomic E-state index is -0.455. The second kappa shape index (κ2) is 5.78. The molecule has 0 saturated carbocycles. The van der Waals surface area contributed by atoms with Crippen LogP contribution in [0.4, 0.5) is 0 Å². The summed E-state index contributed by atoms with van der Waals surface area (Å²) >= 11 is 5.85. The summed E-state index contributed by atoms with van der Waals surface area (Å²) in [6.45, 7) is 0. The zero-order valence-corrected chi connectivity index (χ0v) is 12.9. The fourth-order valence-corrected chi connectivity index (χ4v) is 2.68. The van der Waals surface area contributed by atoms with Crippen LogP contribution in [0.5, 0.6) is 5.75 Å². The Balaban J connectivity index is 2.35. The molecule has 0 aliphatic heterocycles. The summed E-state index contributed by atoms with van der Waals surface area (Å²) in [5.74, 6) is -0.216. The van der Waals surface area contributed by atoms with Crippen molar-refractivity contribution in [2.75, 3.05) is 0 Å². The molecule has 0 aliphatic carbocycles. The number of oxime groups is 1. The standard InChI is InChI=1S/C17H13ClN2O3/c1-20-13-5-3-2-4-12(13)16(21)14(17(20)22)15(19-23)10-6-8-11(18)9-7-10/h2-9,21,23H,1H3/b19-15+. The molecule has 1 aromatic heterocycles. The molecule has 0 bridgehead atoms. The molecule has 2 aromatic carbocycles. The van der Waals surface area contributed by atoms with Crippen LogP contribution in [0.1, 0.15) is 11.1 Å². The van der Waals surface area contributed by atoms with Crippen molar-refractivity contribution < 1.29 is 10.3 Å². The maximum absolute atomic E-state index is 12.6. The third kappa shape index (κ3) is 2.45. The van der Waals surface area contributed by atoms with Gasteiger partial charge in [-0.2, -0.15) is 0 Å². The number of pyridine rings is 1. The van der Waals surface area contributed by atoms with Crippen LogP contribution in [0.3, 0.4) is 0 Å². The average molecular weight is 329 g/mol. The van der Waals surface area contributed by atoms with Crippen molar-refractivity contribution in [1.82, 2.24) is 4.57 Å². The zero-order chi connectivity index (χ0) is 16.6. The van der Waals surface area contributed by atoms with E-state index >= 15 is 0 Å². The van der Waals surface area contributed by atoms with E-state index in [1.807, 2.05) is 0 Å². The van der Waals surface area contributed by atoms with Crippen LogP contribution in [0.2, 0.25) is 5.02 Å². The summed E-state index contributed by atoms with van der Waals surface area (Å²) in [6.07, 6.45) is 0. The van der Waals surface area contributed by atoms with Crippen molar-refractivity contribution in [3.05, 3.63) is 75.0 Å². The zero-order valence-electron chi connectivity index (χ0n) is 12.2. The number of para-hydroxylation sites is 1. The van der Waals surface area contributed by atoms with Crippen LogP contribution in [0.25, 0.3) is 10.9 Å². The van der Waals surface area contributed by atoms with Crippen molar-refractivity contribution in [3.63, 3.8) is 0 Å². The molecule has 0 aliphatic rings. The van der Waals surface area contributed by atoms with E-state index in [1.165, 1.54) is 4.57 Å². The van der Waals surface area contributed by atoms with E-state index in [1.54, 1.807) is 55.6 Å². The maximum Gasteiger partial charge on any atom is 0.264 e. The lowest BCUT2D eigenvalue weighted by atomic mass is 10.0. The molecule has 1 heterocycles. The maximum atomic E-state index is 12.6. The highest BCUT2D eigenvalue weighted by Crippen LogP contribution is 2.27. The molecule has 0 unspecified atom stereocenters. The van der Waals surface area contributed by atoms with Crippen LogP contribution < -0.4 is 5.56 Å². The molecule has 0 fully saturated rings. The minimum Gasteiger partial charge on any atom is -0.506 e. The van der Waals surface area contributed by atoms with E-state index in [2.05, 4.69) is 5.16 Å². The summed E-state index contributed by atoms with van der Waals surface area (Å²) in [7, 11) is 1.60. The molecule has 0 amide bonds. The van der Waals surface area contributed by atoms with E-state index in [9.17, 15) is 15.1 Å². The second-order valence-corrected chi connectivity index (χ2v) is 5.50. The van der Waals surface area contributed by atoms with Gasteiger partial charge < -0.3 is 14.9 Å². The molecule has 0 spiro atoms. The number of aromatic hydroxyl groups is 1. The fourth-order valence-electron chi connectivity index (χ4n) is 2.55. The van der Waals surface area contributed by atoms with Gasteiger partial charge in [-0.25, -0.2) is 0 Å². The second-order valence-electron chi connectivity index (χ2n) is 5.06. The fraction of sp³-hybridized carbons (Fsp3) is 0.0588. The summed E-state index contributed by atoms with van der Waals surface area (Å²) in [5, 5.41) is 24.2. The predicted octanol–water partition coefficient (Wildman–Crippen LogP) is 3.12. The summed E-state index contributed by atoms with van der Waals surface area (Å²) in [6, 6.07) is 13.4. The summed E-state index contributed by atoms with van der Waals surface area (Å²) in [4.78, 5) is 12.6. The van der Waals surface area contributed by atoms with Crippen LogP contribution >= 0.6 is 11.6 Å². The van der Waals surface area contributed by atoms with Crippen LogP contribution in [0, 0.1) is 0 Å². The Kier molecular flexibility index (Phi) is 3.80. The number of fused-ring (bicyclic) bond motifs is 1. The molecule has 3 rings (SSSR count). The first-order valence-corrected chi connectivity index (χ1v) is 7.21. The number of aromatic nitrogens is 1. The number of nitrogens with zero attached hydrogens (tertiary/aromatic N) is 2. The lowest BCUT2D eigenvalue weighted by molar-refractivity contribution is 0.319. The Hall–Kier alpha value is -2.79. The molecule has 5 nitrogen and oxygen atoms in total. The van der Waals surface area contributed by atoms with Gasteiger partial charge in [0.15, 0.2) is 0 Å². The van der Waals surface area contributed by atoms with Gasteiger partial charge in [0.1, 0.15) is 17.0 Å². The third-order valence-electron chi connectivity index (χ3n) is 3.73. The van der Waals surface area contributed by atoms with E-state index in [0.717, 1.165) is 0 Å². The number of benzene rings is 2. The van der Waals surface area contributed by atoms with Gasteiger partial charge in [-0.3, -0.25) is 4.79 Å². The van der Waals surface area contributed by atoms with Gasteiger partial charge in [0.05, 0.1) is 5.52 Å². The Morgan fingerprint density at radius 1 is 1.13 bits per heavy atom. The molecular formula is C17H13ClN2O3. The number of hydrogen-bond acceptors (Lipinski definition) is 4. The molecule has 3 aromatic rings. The minimum absolute atomic E-state index is 0.00878. The lowest BCUT2D eigenvalue weighted by Gasteiger charge is -2.12. The number of halogens is 1. The van der Waals surface area contributed by atoms with Crippen molar-refractivity contribution in [1.29, 1.82) is 0 Å².